The van der Waals surface area contributed by atoms with E-state index in [0.717, 1.165) is 5.76 Å². The minimum atomic E-state index is 0.745. The van der Waals surface area contributed by atoms with Crippen molar-refractivity contribution in [2.75, 3.05) is 0 Å². The quantitative estimate of drug-likeness (QED) is 0.461. The second-order valence-corrected chi connectivity index (χ2v) is 1.03. The van der Waals surface area contributed by atoms with Gasteiger partial charge in [0, 0.05) is 5.64 Å². The van der Waals surface area contributed by atoms with Gasteiger partial charge in [0.15, 0.2) is 12.0 Å². The highest BCUT2D eigenvalue weighted by Crippen LogP contribution is 1.96. The molecular formula is C3H5NO2. The molecule has 0 unspecified atom stereocenters. The lowest BCUT2D eigenvalue weighted by Gasteiger charge is -1.87. The van der Waals surface area contributed by atoms with Gasteiger partial charge in [0.2, 0.25) is 0 Å². The summed E-state index contributed by atoms with van der Waals surface area (Å²) in [6, 6.07) is 0. The Balaban J connectivity index is 2.45. The summed E-state index contributed by atoms with van der Waals surface area (Å²) in [5, 5.41) is 0. The van der Waals surface area contributed by atoms with Crippen LogP contribution in [0.2, 0.25) is 0 Å². The third kappa shape index (κ3) is 0.440. The predicted molar refractivity (Wildman–Crippen MR) is 19.1 cm³/mol. The zero-order valence-electron chi connectivity index (χ0n) is 3.39. The van der Waals surface area contributed by atoms with Crippen molar-refractivity contribution in [3.63, 3.8) is 0 Å². The van der Waals surface area contributed by atoms with Gasteiger partial charge in [-0.3, -0.25) is 0 Å². The van der Waals surface area contributed by atoms with Crippen LogP contribution in [0.25, 0.3) is 0 Å². The standard InChI is InChI=1S/C3H5NO2/c1-3-2-5-4-6-3/h2,4H,1H3. The van der Waals surface area contributed by atoms with Crippen LogP contribution in [-0.2, 0) is 9.68 Å². The molecule has 0 fully saturated rings. The van der Waals surface area contributed by atoms with E-state index < -0.39 is 0 Å². The van der Waals surface area contributed by atoms with Gasteiger partial charge >= 0.3 is 0 Å². The van der Waals surface area contributed by atoms with Crippen LogP contribution in [-0.4, -0.2) is 0 Å². The molecule has 0 spiro atoms. The second kappa shape index (κ2) is 1.18. The molecule has 1 aliphatic rings. The molecule has 0 saturated heterocycles. The van der Waals surface area contributed by atoms with Crippen LogP contribution in [0, 0.1) is 0 Å². The maximum absolute atomic E-state index is 4.54. The zero-order chi connectivity index (χ0) is 4.41. The SMILES string of the molecule is CC1=CONO1. The third-order valence-corrected chi connectivity index (χ3v) is 0.476. The van der Waals surface area contributed by atoms with Crippen LogP contribution >= 0.6 is 0 Å². The Morgan fingerprint density at radius 1 is 1.83 bits per heavy atom. The highest BCUT2D eigenvalue weighted by atomic mass is 16.9. The monoisotopic (exact) mass is 87.0 g/mol. The van der Waals surface area contributed by atoms with Crippen LogP contribution in [0.1, 0.15) is 6.92 Å². The molecule has 3 nitrogen and oxygen atoms in total. The van der Waals surface area contributed by atoms with E-state index in [1.165, 1.54) is 6.26 Å². The van der Waals surface area contributed by atoms with Crippen LogP contribution < -0.4 is 5.64 Å². The second-order valence-electron chi connectivity index (χ2n) is 1.03. The maximum atomic E-state index is 4.54. The van der Waals surface area contributed by atoms with Crippen molar-refractivity contribution < 1.29 is 9.68 Å². The van der Waals surface area contributed by atoms with Gasteiger partial charge in [0.1, 0.15) is 0 Å². The van der Waals surface area contributed by atoms with Crippen molar-refractivity contribution >= 4 is 0 Å². The van der Waals surface area contributed by atoms with Gasteiger partial charge < -0.3 is 9.68 Å². The normalized spacial score (nSPS) is 18.5. The smallest absolute Gasteiger partial charge is 0.162 e. The molecule has 0 aromatic rings. The van der Waals surface area contributed by atoms with Crippen LogP contribution in [0.3, 0.4) is 0 Å². The van der Waals surface area contributed by atoms with Gasteiger partial charge in [-0.2, -0.15) is 0 Å². The van der Waals surface area contributed by atoms with Gasteiger partial charge in [0.05, 0.1) is 0 Å². The van der Waals surface area contributed by atoms with E-state index in [9.17, 15) is 0 Å². The molecule has 1 rings (SSSR count). The molecular weight excluding hydrogens is 82.0 g/mol. The van der Waals surface area contributed by atoms with Gasteiger partial charge in [-0.1, -0.05) is 0 Å². The topological polar surface area (TPSA) is 30.5 Å². The average Bonchev–Trinajstić information content (AvgIpc) is 1.86. The molecule has 3 heteroatoms. The molecule has 6 heavy (non-hydrogen) atoms. The van der Waals surface area contributed by atoms with Crippen molar-refractivity contribution in [3.05, 3.63) is 12.0 Å². The average molecular weight is 87.1 g/mol. The predicted octanol–water partition coefficient (Wildman–Crippen LogP) is 0.314. The van der Waals surface area contributed by atoms with E-state index in [1.807, 2.05) is 0 Å². The first-order valence-corrected chi connectivity index (χ1v) is 1.64. The molecule has 0 saturated carbocycles. The van der Waals surface area contributed by atoms with E-state index in [2.05, 4.69) is 15.3 Å². The number of allylic oxidation sites excluding steroid dienone is 1. The fraction of sp³-hybridized carbons (Fsp3) is 0.333. The van der Waals surface area contributed by atoms with Crippen molar-refractivity contribution in [1.82, 2.24) is 5.64 Å². The summed E-state index contributed by atoms with van der Waals surface area (Å²) in [5.74, 6) is 0.745. The number of hydrogen-bond donors (Lipinski definition) is 1. The van der Waals surface area contributed by atoms with Crippen molar-refractivity contribution in [3.8, 4) is 0 Å². The van der Waals surface area contributed by atoms with Gasteiger partial charge in [-0.25, -0.2) is 0 Å². The summed E-state index contributed by atoms with van der Waals surface area (Å²) in [7, 11) is 0. The minimum absolute atomic E-state index is 0.745. The van der Waals surface area contributed by atoms with Crippen LogP contribution in [0.4, 0.5) is 0 Å². The summed E-state index contributed by atoms with van der Waals surface area (Å²) < 4.78 is 0. The Morgan fingerprint density at radius 2 is 2.67 bits per heavy atom. The highest BCUT2D eigenvalue weighted by molar-refractivity contribution is 4.81. The van der Waals surface area contributed by atoms with Crippen LogP contribution in [0.15, 0.2) is 12.0 Å². The lowest BCUT2D eigenvalue weighted by Crippen LogP contribution is -2.00. The Bertz CT molecular complexity index is 78.9. The van der Waals surface area contributed by atoms with E-state index >= 15 is 0 Å². The van der Waals surface area contributed by atoms with E-state index in [1.54, 1.807) is 6.92 Å². The molecule has 1 aliphatic heterocycles. The maximum Gasteiger partial charge on any atom is 0.162 e. The molecule has 0 aromatic heterocycles. The first-order valence-electron chi connectivity index (χ1n) is 1.64. The Labute approximate surface area is 35.5 Å². The van der Waals surface area contributed by atoms with Crippen molar-refractivity contribution in [2.24, 2.45) is 0 Å². The van der Waals surface area contributed by atoms with Gasteiger partial charge in [-0.05, 0) is 6.92 Å². The molecule has 0 bridgehead atoms. The van der Waals surface area contributed by atoms with E-state index in [-0.39, 0.29) is 0 Å². The molecule has 0 aliphatic carbocycles. The fourth-order valence-electron chi connectivity index (χ4n) is 0.221. The lowest BCUT2D eigenvalue weighted by molar-refractivity contribution is -0.0571. The summed E-state index contributed by atoms with van der Waals surface area (Å²) in [4.78, 5) is 8.96. The number of nitrogens with one attached hydrogen (secondary N) is 1. The Kier molecular flexibility index (Phi) is 0.686. The highest BCUT2D eigenvalue weighted by Gasteiger charge is 1.94. The molecule has 0 aromatic carbocycles. The molecule has 1 N–H and O–H groups in total. The lowest BCUT2D eigenvalue weighted by atomic mass is 10.7. The molecule has 0 atom stereocenters. The summed E-state index contributed by atoms with van der Waals surface area (Å²) >= 11 is 0. The summed E-state index contributed by atoms with van der Waals surface area (Å²) in [6.07, 6.45) is 1.49. The molecule has 34 valence electrons. The summed E-state index contributed by atoms with van der Waals surface area (Å²) in [5.41, 5.74) is 2.18. The number of hydrogen-bond acceptors (Lipinski definition) is 3. The molecule has 1 heterocycles. The van der Waals surface area contributed by atoms with Gasteiger partial charge in [-0.15, -0.1) is 0 Å². The van der Waals surface area contributed by atoms with Crippen molar-refractivity contribution in [2.45, 2.75) is 6.92 Å². The third-order valence-electron chi connectivity index (χ3n) is 0.476. The fourth-order valence-corrected chi connectivity index (χ4v) is 0.221. The first kappa shape index (κ1) is 3.49. The Morgan fingerprint density at radius 3 is 2.83 bits per heavy atom. The van der Waals surface area contributed by atoms with E-state index in [4.69, 9.17) is 0 Å². The largest absolute Gasteiger partial charge is 0.378 e. The Hall–Kier alpha value is -0.700. The van der Waals surface area contributed by atoms with Crippen LogP contribution in [0.5, 0.6) is 0 Å². The summed E-state index contributed by atoms with van der Waals surface area (Å²) in [6.45, 7) is 1.79. The van der Waals surface area contributed by atoms with Gasteiger partial charge in [0.25, 0.3) is 0 Å². The molecule has 0 radical (unpaired) electrons. The minimum Gasteiger partial charge on any atom is -0.378 e. The van der Waals surface area contributed by atoms with Crippen molar-refractivity contribution in [1.29, 1.82) is 0 Å². The zero-order valence-corrected chi connectivity index (χ0v) is 3.39. The molecule has 0 amide bonds. The first-order chi connectivity index (χ1) is 2.89. The number of rotatable bonds is 0. The van der Waals surface area contributed by atoms with E-state index in [0.29, 0.717) is 0 Å².